The number of imidazole rings is 1. The van der Waals surface area contributed by atoms with Crippen LogP contribution in [0.25, 0.3) is 11.0 Å². The smallest absolute Gasteiger partial charge is 0.267 e. The molecule has 158 valence electrons. The van der Waals surface area contributed by atoms with Crippen LogP contribution in [0.1, 0.15) is 30.5 Å². The largest absolute Gasteiger partial charge is 0.376 e. The first-order chi connectivity index (χ1) is 14.8. The molecule has 2 aliphatic rings. The maximum atomic E-state index is 12.4. The Morgan fingerprint density at radius 1 is 1.23 bits per heavy atom. The molecule has 0 radical (unpaired) electrons. The van der Waals surface area contributed by atoms with Crippen molar-refractivity contribution in [2.45, 2.75) is 44.9 Å². The lowest BCUT2D eigenvalue weighted by Crippen LogP contribution is -2.46. The van der Waals surface area contributed by atoms with Gasteiger partial charge in [-0.15, -0.1) is 0 Å². The molecular weight excluding hydrogens is 380 g/mol. The first-order valence-corrected chi connectivity index (χ1v) is 10.9. The molecule has 1 saturated heterocycles. The molecule has 1 fully saturated rings. The third-order valence-electron chi connectivity index (χ3n) is 6.15. The summed E-state index contributed by atoms with van der Waals surface area (Å²) in [6.45, 7) is 4.52. The lowest BCUT2D eigenvalue weighted by molar-refractivity contribution is 0.107. The summed E-state index contributed by atoms with van der Waals surface area (Å²) in [4.78, 5) is 22.9. The third-order valence-corrected chi connectivity index (χ3v) is 6.15. The Morgan fingerprint density at radius 3 is 3.10 bits per heavy atom. The van der Waals surface area contributed by atoms with Gasteiger partial charge in [-0.25, -0.2) is 9.67 Å². The second kappa shape index (κ2) is 8.57. The normalized spacial score (nSPS) is 19.7. The molecule has 0 bridgehead atoms. The fourth-order valence-electron chi connectivity index (χ4n) is 4.47. The van der Waals surface area contributed by atoms with E-state index in [0.717, 1.165) is 60.7 Å². The zero-order chi connectivity index (χ0) is 20.3. The van der Waals surface area contributed by atoms with E-state index in [1.54, 1.807) is 10.7 Å². The van der Waals surface area contributed by atoms with Crippen LogP contribution in [-0.2, 0) is 24.3 Å². The van der Waals surface area contributed by atoms with E-state index < -0.39 is 0 Å². The van der Waals surface area contributed by atoms with Gasteiger partial charge in [0.05, 0.1) is 36.5 Å². The van der Waals surface area contributed by atoms with Gasteiger partial charge in [0.1, 0.15) is 0 Å². The number of likely N-dealkylation sites (tertiary alicyclic amines) is 1. The average molecular weight is 409 g/mol. The Labute approximate surface area is 175 Å². The maximum absolute atomic E-state index is 12.4. The van der Waals surface area contributed by atoms with Crippen molar-refractivity contribution < 1.29 is 4.74 Å². The summed E-state index contributed by atoms with van der Waals surface area (Å²) in [5.74, 6) is 0.816. The van der Waals surface area contributed by atoms with Crippen molar-refractivity contribution in [1.29, 1.82) is 0 Å². The van der Waals surface area contributed by atoms with Gasteiger partial charge in [-0.3, -0.25) is 9.69 Å². The molecule has 30 heavy (non-hydrogen) atoms. The number of nitrogens with zero attached hydrogens (tertiary/aromatic N) is 4. The minimum atomic E-state index is -0.0341. The quantitative estimate of drug-likeness (QED) is 0.650. The van der Waals surface area contributed by atoms with Crippen LogP contribution in [0, 0.1) is 0 Å². The van der Waals surface area contributed by atoms with Gasteiger partial charge in [0.2, 0.25) is 5.95 Å². The van der Waals surface area contributed by atoms with Crippen LogP contribution in [-0.4, -0.2) is 56.9 Å². The second-order valence-electron chi connectivity index (χ2n) is 8.15. The minimum absolute atomic E-state index is 0.0341. The van der Waals surface area contributed by atoms with E-state index in [1.165, 1.54) is 12.8 Å². The highest BCUT2D eigenvalue weighted by atomic mass is 16.5. The van der Waals surface area contributed by atoms with Crippen molar-refractivity contribution in [3.63, 3.8) is 0 Å². The molecule has 8 heteroatoms. The maximum Gasteiger partial charge on any atom is 0.267 e. The molecule has 1 aromatic carbocycles. The highest BCUT2D eigenvalue weighted by Crippen LogP contribution is 2.19. The SMILES string of the molecule is O=c1cc2c(nn1CCN1CCCCC1CNc1nc3ccccc3[nH]1)CCOC2. The van der Waals surface area contributed by atoms with E-state index in [4.69, 9.17) is 4.74 Å². The van der Waals surface area contributed by atoms with Crippen LogP contribution in [0.3, 0.4) is 0 Å². The van der Waals surface area contributed by atoms with Crippen molar-refractivity contribution in [3.05, 3.63) is 51.9 Å². The standard InChI is InChI=1S/C22H28N6O2/c29-21-13-16-15-30-12-8-18(16)26-28(21)11-10-27-9-4-3-5-17(27)14-23-22-24-19-6-1-2-7-20(19)25-22/h1-2,6-7,13,17H,3-5,8-12,14-15H2,(H2,23,24,25). The summed E-state index contributed by atoms with van der Waals surface area (Å²) >= 11 is 0. The van der Waals surface area contributed by atoms with Gasteiger partial charge in [0, 0.05) is 37.2 Å². The third kappa shape index (κ3) is 4.11. The lowest BCUT2D eigenvalue weighted by Gasteiger charge is -2.35. The number of aromatic amines is 1. The molecule has 2 aliphatic heterocycles. The van der Waals surface area contributed by atoms with Gasteiger partial charge < -0.3 is 15.0 Å². The Balaban J connectivity index is 1.22. The summed E-state index contributed by atoms with van der Waals surface area (Å²) in [5.41, 5.74) is 3.93. The number of ether oxygens (including phenoxy) is 1. The molecule has 0 aliphatic carbocycles. The Bertz CT molecular complexity index is 1040. The predicted molar refractivity (Wildman–Crippen MR) is 116 cm³/mol. The van der Waals surface area contributed by atoms with Crippen LogP contribution in [0.15, 0.2) is 35.1 Å². The van der Waals surface area contributed by atoms with Crippen LogP contribution in [0.2, 0.25) is 0 Å². The molecule has 1 atom stereocenters. The Hall–Kier alpha value is -2.71. The number of H-pyrrole nitrogens is 1. The van der Waals surface area contributed by atoms with Crippen molar-refractivity contribution in [1.82, 2.24) is 24.6 Å². The number of piperidine rings is 1. The van der Waals surface area contributed by atoms with Gasteiger partial charge in [-0.2, -0.15) is 5.10 Å². The molecule has 5 rings (SSSR count). The van der Waals surface area contributed by atoms with Crippen LogP contribution < -0.4 is 10.9 Å². The van der Waals surface area contributed by atoms with E-state index in [2.05, 4.69) is 25.3 Å². The van der Waals surface area contributed by atoms with Gasteiger partial charge in [-0.05, 0) is 31.5 Å². The van der Waals surface area contributed by atoms with E-state index in [0.29, 0.717) is 25.8 Å². The molecule has 0 saturated carbocycles. The van der Waals surface area contributed by atoms with Gasteiger partial charge in [0.15, 0.2) is 0 Å². The fourth-order valence-corrected chi connectivity index (χ4v) is 4.47. The number of nitrogens with one attached hydrogen (secondary N) is 2. The number of anilines is 1. The zero-order valence-electron chi connectivity index (χ0n) is 17.1. The first-order valence-electron chi connectivity index (χ1n) is 10.9. The number of rotatable bonds is 6. The molecule has 4 heterocycles. The number of hydrogen-bond donors (Lipinski definition) is 2. The van der Waals surface area contributed by atoms with Gasteiger partial charge in [-0.1, -0.05) is 18.6 Å². The van der Waals surface area contributed by atoms with Crippen molar-refractivity contribution in [3.8, 4) is 0 Å². The molecular formula is C22H28N6O2. The summed E-state index contributed by atoms with van der Waals surface area (Å²) in [6, 6.07) is 10.2. The van der Waals surface area contributed by atoms with Crippen molar-refractivity contribution in [2.75, 3.05) is 31.6 Å². The van der Waals surface area contributed by atoms with E-state index >= 15 is 0 Å². The molecule has 2 N–H and O–H groups in total. The number of hydrogen-bond acceptors (Lipinski definition) is 6. The Morgan fingerprint density at radius 2 is 2.17 bits per heavy atom. The van der Waals surface area contributed by atoms with Crippen molar-refractivity contribution >= 4 is 17.0 Å². The lowest BCUT2D eigenvalue weighted by atomic mass is 10.0. The van der Waals surface area contributed by atoms with E-state index in [9.17, 15) is 4.79 Å². The fraction of sp³-hybridized carbons (Fsp3) is 0.500. The number of para-hydroxylation sites is 2. The predicted octanol–water partition coefficient (Wildman–Crippen LogP) is 2.16. The highest BCUT2D eigenvalue weighted by Gasteiger charge is 2.23. The molecule has 3 aromatic rings. The van der Waals surface area contributed by atoms with Gasteiger partial charge >= 0.3 is 0 Å². The zero-order valence-corrected chi connectivity index (χ0v) is 17.1. The number of benzene rings is 1. The molecule has 0 amide bonds. The molecule has 1 unspecified atom stereocenters. The summed E-state index contributed by atoms with van der Waals surface area (Å²) in [5, 5.41) is 8.08. The number of aromatic nitrogens is 4. The summed E-state index contributed by atoms with van der Waals surface area (Å²) < 4.78 is 7.06. The number of fused-ring (bicyclic) bond motifs is 2. The van der Waals surface area contributed by atoms with Gasteiger partial charge in [0.25, 0.3) is 5.56 Å². The topological polar surface area (TPSA) is 88.1 Å². The summed E-state index contributed by atoms with van der Waals surface area (Å²) in [6.07, 6.45) is 4.37. The molecule has 2 aromatic heterocycles. The monoisotopic (exact) mass is 408 g/mol. The highest BCUT2D eigenvalue weighted by molar-refractivity contribution is 5.77. The van der Waals surface area contributed by atoms with E-state index in [-0.39, 0.29) is 5.56 Å². The average Bonchev–Trinajstić information content (AvgIpc) is 3.20. The van der Waals surface area contributed by atoms with Crippen LogP contribution in [0.4, 0.5) is 5.95 Å². The minimum Gasteiger partial charge on any atom is -0.376 e. The van der Waals surface area contributed by atoms with Crippen LogP contribution in [0.5, 0.6) is 0 Å². The molecule has 0 spiro atoms. The van der Waals surface area contributed by atoms with Crippen LogP contribution >= 0.6 is 0 Å². The van der Waals surface area contributed by atoms with Crippen molar-refractivity contribution in [2.24, 2.45) is 0 Å². The first kappa shape index (κ1) is 19.3. The Kier molecular flexibility index (Phi) is 5.50. The summed E-state index contributed by atoms with van der Waals surface area (Å²) in [7, 11) is 0. The molecule has 8 nitrogen and oxygen atoms in total. The van der Waals surface area contributed by atoms with E-state index in [1.807, 2.05) is 24.3 Å². The second-order valence-corrected chi connectivity index (χ2v) is 8.15.